The topological polar surface area (TPSA) is 81.7 Å². The van der Waals surface area contributed by atoms with Gasteiger partial charge in [0, 0.05) is 5.56 Å². The zero-order chi connectivity index (χ0) is 19.4. The molecule has 2 aromatic rings. The summed E-state index contributed by atoms with van der Waals surface area (Å²) in [7, 11) is 1.53. The van der Waals surface area contributed by atoms with Crippen LogP contribution in [0.15, 0.2) is 48.5 Å². The smallest absolute Gasteiger partial charge is 0.286 e. The highest BCUT2D eigenvalue weighted by atomic mass is 32.2. The van der Waals surface area contributed by atoms with E-state index in [4.69, 9.17) is 10.8 Å². The molecular weight excluding hydrogens is 354 g/mol. The quantitative estimate of drug-likeness (QED) is 0.753. The maximum Gasteiger partial charge on any atom is 0.286 e. The SMILES string of the molecule is [2H][C@]1(Cc2ccc(OCC(=O)c3cccc(OC)c3)cc2)SC(=O)NC1=O. The fourth-order valence-electron chi connectivity index (χ4n) is 2.38. The molecule has 134 valence electrons. The van der Waals surface area contributed by atoms with E-state index in [0.29, 0.717) is 34.4 Å². The van der Waals surface area contributed by atoms with E-state index >= 15 is 0 Å². The first-order valence-electron chi connectivity index (χ1n) is 8.33. The number of carbonyl (C=O) groups excluding carboxylic acids is 3. The highest BCUT2D eigenvalue weighted by molar-refractivity contribution is 8.15. The van der Waals surface area contributed by atoms with Crippen LogP contribution in [0, 0.1) is 0 Å². The number of amides is 2. The fourth-order valence-corrected chi connectivity index (χ4v) is 3.13. The molecule has 1 saturated heterocycles. The Labute approximate surface area is 156 Å². The van der Waals surface area contributed by atoms with Crippen molar-refractivity contribution in [2.24, 2.45) is 0 Å². The highest BCUT2D eigenvalue weighted by Crippen LogP contribution is 2.24. The van der Waals surface area contributed by atoms with E-state index in [9.17, 15) is 14.4 Å². The van der Waals surface area contributed by atoms with Gasteiger partial charge >= 0.3 is 0 Å². The fraction of sp³-hybridized carbons (Fsp3) is 0.211. The Kier molecular flexibility index (Phi) is 5.16. The lowest BCUT2D eigenvalue weighted by Crippen LogP contribution is -2.25. The Hall–Kier alpha value is -2.80. The van der Waals surface area contributed by atoms with Crippen LogP contribution in [-0.4, -0.2) is 35.9 Å². The molecule has 2 aromatic carbocycles. The maximum absolute atomic E-state index is 12.2. The third-order valence-corrected chi connectivity index (χ3v) is 4.60. The molecule has 0 saturated carbocycles. The van der Waals surface area contributed by atoms with Crippen molar-refractivity contribution < 1.29 is 25.2 Å². The summed E-state index contributed by atoms with van der Waals surface area (Å²) in [5.74, 6) is 0.304. The molecule has 2 amide bonds. The Balaban J connectivity index is 1.58. The maximum atomic E-state index is 12.2. The van der Waals surface area contributed by atoms with E-state index in [-0.39, 0.29) is 18.8 Å². The molecule has 0 bridgehead atoms. The second-order valence-corrected chi connectivity index (χ2v) is 6.60. The summed E-state index contributed by atoms with van der Waals surface area (Å²) < 4.78 is 18.7. The summed E-state index contributed by atoms with van der Waals surface area (Å²) in [6.07, 6.45) is 0.0955. The van der Waals surface area contributed by atoms with Crippen LogP contribution in [0.3, 0.4) is 0 Å². The Morgan fingerprint density at radius 1 is 1.19 bits per heavy atom. The predicted octanol–water partition coefficient (Wildman–Crippen LogP) is 2.85. The second kappa shape index (κ2) is 8.05. The second-order valence-electron chi connectivity index (χ2n) is 5.53. The first-order chi connectivity index (χ1) is 12.9. The van der Waals surface area contributed by atoms with Crippen LogP contribution >= 0.6 is 11.8 Å². The van der Waals surface area contributed by atoms with Gasteiger partial charge in [0.1, 0.15) is 11.5 Å². The van der Waals surface area contributed by atoms with Gasteiger partial charge in [-0.3, -0.25) is 19.7 Å². The van der Waals surface area contributed by atoms with Crippen molar-refractivity contribution in [2.45, 2.75) is 11.6 Å². The van der Waals surface area contributed by atoms with Gasteiger partial charge in [0.05, 0.1) is 13.7 Å². The molecule has 1 aliphatic heterocycles. The van der Waals surface area contributed by atoms with Crippen molar-refractivity contribution >= 4 is 28.7 Å². The molecule has 7 heteroatoms. The molecule has 0 radical (unpaired) electrons. The number of rotatable bonds is 7. The molecule has 6 nitrogen and oxygen atoms in total. The van der Waals surface area contributed by atoms with Gasteiger partial charge in [0.15, 0.2) is 12.4 Å². The third kappa shape index (κ3) is 4.43. The van der Waals surface area contributed by atoms with Crippen molar-refractivity contribution in [2.75, 3.05) is 13.7 Å². The average Bonchev–Trinajstić information content (AvgIpc) is 2.92. The Morgan fingerprint density at radius 3 is 2.62 bits per heavy atom. The van der Waals surface area contributed by atoms with Crippen LogP contribution < -0.4 is 14.8 Å². The first-order valence-corrected chi connectivity index (χ1v) is 8.65. The minimum atomic E-state index is -1.55. The van der Waals surface area contributed by atoms with Gasteiger partial charge in [-0.15, -0.1) is 0 Å². The summed E-state index contributed by atoms with van der Waals surface area (Å²) in [5.41, 5.74) is 1.21. The number of nitrogens with one attached hydrogen (secondary N) is 1. The lowest BCUT2D eigenvalue weighted by molar-refractivity contribution is -0.118. The monoisotopic (exact) mass is 372 g/mol. The standard InChI is InChI=1S/C19H17NO5S/c1-24-15-4-2-3-13(10-15)16(21)11-25-14-7-5-12(6-8-14)9-17-18(22)20-19(23)26-17/h2-8,10,17H,9,11H2,1H3,(H,20,22,23)/t17-/m1/s1/i17D. The number of Topliss-reactive ketones (excluding diaryl/α,β-unsaturated/α-hetero) is 1. The average molecular weight is 372 g/mol. The minimum absolute atomic E-state index is 0.0955. The van der Waals surface area contributed by atoms with Crippen molar-refractivity contribution in [1.29, 1.82) is 0 Å². The number of benzene rings is 2. The summed E-state index contributed by atoms with van der Waals surface area (Å²) in [4.78, 5) is 35.2. The van der Waals surface area contributed by atoms with Crippen molar-refractivity contribution in [3.8, 4) is 11.5 Å². The Bertz CT molecular complexity index is 886. The predicted molar refractivity (Wildman–Crippen MR) is 97.9 cm³/mol. The number of carbonyl (C=O) groups is 3. The largest absolute Gasteiger partial charge is 0.497 e. The number of methoxy groups -OCH3 is 1. The van der Waals surface area contributed by atoms with Gasteiger partial charge in [-0.1, -0.05) is 36.0 Å². The van der Waals surface area contributed by atoms with Crippen LogP contribution in [0.25, 0.3) is 0 Å². The van der Waals surface area contributed by atoms with Crippen LogP contribution in [0.1, 0.15) is 17.3 Å². The normalized spacial score (nSPS) is 19.7. The number of thioether (sulfide) groups is 1. The molecule has 1 fully saturated rings. The zero-order valence-corrected chi connectivity index (χ0v) is 14.8. The van der Waals surface area contributed by atoms with Gasteiger partial charge < -0.3 is 9.47 Å². The van der Waals surface area contributed by atoms with Gasteiger partial charge in [0.2, 0.25) is 5.91 Å². The molecule has 1 N–H and O–H groups in total. The third-order valence-electron chi connectivity index (χ3n) is 3.73. The van der Waals surface area contributed by atoms with Crippen molar-refractivity contribution in [3.05, 3.63) is 59.7 Å². The summed E-state index contributed by atoms with van der Waals surface area (Å²) in [6, 6.07) is 13.6. The van der Waals surface area contributed by atoms with E-state index < -0.39 is 16.4 Å². The summed E-state index contributed by atoms with van der Waals surface area (Å²) in [5, 5.41) is 0.0598. The number of hydrogen-bond acceptors (Lipinski definition) is 6. The van der Waals surface area contributed by atoms with E-state index in [1.165, 1.54) is 7.11 Å². The molecule has 0 aromatic heterocycles. The molecule has 1 heterocycles. The molecular formula is C19H17NO5S. The molecule has 0 spiro atoms. The number of imide groups is 1. The van der Waals surface area contributed by atoms with Gasteiger partial charge in [-0.2, -0.15) is 0 Å². The molecule has 0 unspecified atom stereocenters. The molecule has 1 atom stereocenters. The van der Waals surface area contributed by atoms with Crippen molar-refractivity contribution in [1.82, 2.24) is 5.32 Å². The molecule has 1 aliphatic rings. The van der Waals surface area contributed by atoms with Crippen LogP contribution in [0.5, 0.6) is 11.5 Å². The van der Waals surface area contributed by atoms with Gasteiger partial charge in [-0.25, -0.2) is 0 Å². The minimum Gasteiger partial charge on any atom is -0.497 e. The zero-order valence-electron chi connectivity index (χ0n) is 15.0. The molecule has 26 heavy (non-hydrogen) atoms. The van der Waals surface area contributed by atoms with Crippen LogP contribution in [0.2, 0.25) is 0 Å². The van der Waals surface area contributed by atoms with Crippen molar-refractivity contribution in [3.63, 3.8) is 0 Å². The summed E-state index contributed by atoms with van der Waals surface area (Å²) >= 11 is 0.671. The van der Waals surface area contributed by atoms with E-state index in [0.717, 1.165) is 0 Å². The van der Waals surface area contributed by atoms with Crippen LogP contribution in [-0.2, 0) is 11.2 Å². The Morgan fingerprint density at radius 2 is 1.96 bits per heavy atom. The molecule has 3 rings (SSSR count). The van der Waals surface area contributed by atoms with Gasteiger partial charge in [-0.05, 0) is 36.2 Å². The van der Waals surface area contributed by atoms with E-state index in [2.05, 4.69) is 5.32 Å². The lowest BCUT2D eigenvalue weighted by atomic mass is 10.1. The van der Waals surface area contributed by atoms with Gasteiger partial charge in [0.25, 0.3) is 5.24 Å². The first kappa shape index (κ1) is 16.7. The number of ether oxygens (including phenoxy) is 2. The number of ketones is 1. The highest BCUT2D eigenvalue weighted by Gasteiger charge is 2.31. The van der Waals surface area contributed by atoms with Crippen LogP contribution in [0.4, 0.5) is 4.79 Å². The van der Waals surface area contributed by atoms with E-state index in [1.807, 2.05) is 0 Å². The summed E-state index contributed by atoms with van der Waals surface area (Å²) in [6.45, 7) is -0.123. The molecule has 0 aliphatic carbocycles. The van der Waals surface area contributed by atoms with E-state index in [1.54, 1.807) is 48.5 Å². The lowest BCUT2D eigenvalue weighted by Gasteiger charge is -2.09. The number of hydrogen-bond donors (Lipinski definition) is 1.